The van der Waals surface area contributed by atoms with Crippen LogP contribution in [-0.4, -0.2) is 26.5 Å². The van der Waals surface area contributed by atoms with Gasteiger partial charge < -0.3 is 0 Å². The maximum Gasteiger partial charge on any atom is 0.185 e. The fraction of sp³-hybridized carbons (Fsp3) is 0.217. The van der Waals surface area contributed by atoms with Crippen molar-refractivity contribution in [1.29, 1.82) is 0 Å². The molecule has 0 unspecified atom stereocenters. The van der Waals surface area contributed by atoms with Gasteiger partial charge in [0.1, 0.15) is 0 Å². The number of hydrogen-bond acceptors (Lipinski definition) is 4. The summed E-state index contributed by atoms with van der Waals surface area (Å²) in [7, 11) is 1.71. The molecule has 0 radical (unpaired) electrons. The maximum absolute atomic E-state index is 11.7. The van der Waals surface area contributed by atoms with E-state index in [9.17, 15) is 4.79 Å². The minimum atomic E-state index is 0.430. The lowest BCUT2D eigenvalue weighted by Gasteiger charge is -2.15. The number of aldehydes is 1. The fourth-order valence-corrected chi connectivity index (χ4v) is 3.37. The molecule has 0 spiro atoms. The van der Waals surface area contributed by atoms with Crippen LogP contribution in [-0.2, 0) is 11.8 Å². The topological polar surface area (TPSA) is 60.7 Å². The van der Waals surface area contributed by atoms with Gasteiger partial charge in [0, 0.05) is 7.05 Å². The Morgan fingerprint density at radius 2 is 1.46 bits per heavy atom. The number of benzene rings is 2. The van der Waals surface area contributed by atoms with Gasteiger partial charge in [-0.3, -0.25) is 4.79 Å². The SMILES string of the molecule is Cc1ccc(C(=CC=C(C=O)c2nnnn2C)c2ccc(C)cc2C)c(C)c1. The van der Waals surface area contributed by atoms with Gasteiger partial charge in [0.2, 0.25) is 0 Å². The highest BCUT2D eigenvalue weighted by molar-refractivity contribution is 6.06. The van der Waals surface area contributed by atoms with Crippen molar-refractivity contribution in [2.24, 2.45) is 7.05 Å². The summed E-state index contributed by atoms with van der Waals surface area (Å²) in [5.74, 6) is 0.437. The number of hydrogen-bond donors (Lipinski definition) is 0. The van der Waals surface area contributed by atoms with Crippen molar-refractivity contribution in [1.82, 2.24) is 20.2 Å². The Morgan fingerprint density at radius 3 is 1.89 bits per heavy atom. The second kappa shape index (κ2) is 8.13. The third-order valence-corrected chi connectivity index (χ3v) is 4.78. The van der Waals surface area contributed by atoms with Crippen LogP contribution in [0.5, 0.6) is 0 Å². The zero-order valence-electron chi connectivity index (χ0n) is 16.9. The summed E-state index contributed by atoms with van der Waals surface area (Å²) in [4.78, 5) is 11.7. The predicted octanol–water partition coefficient (Wildman–Crippen LogP) is 4.16. The molecule has 3 rings (SSSR count). The monoisotopic (exact) mass is 372 g/mol. The number of aryl methyl sites for hydroxylation is 5. The second-order valence-corrected chi connectivity index (χ2v) is 7.08. The summed E-state index contributed by atoms with van der Waals surface area (Å²) in [5.41, 5.74) is 8.57. The van der Waals surface area contributed by atoms with Crippen LogP contribution in [0, 0.1) is 27.7 Å². The van der Waals surface area contributed by atoms with E-state index in [0.717, 1.165) is 23.0 Å². The van der Waals surface area contributed by atoms with Crippen LogP contribution in [0.15, 0.2) is 48.6 Å². The van der Waals surface area contributed by atoms with Crippen LogP contribution in [0.4, 0.5) is 0 Å². The molecule has 142 valence electrons. The van der Waals surface area contributed by atoms with Crippen molar-refractivity contribution in [3.8, 4) is 0 Å². The molecule has 0 aliphatic carbocycles. The molecule has 1 heterocycles. The fourth-order valence-electron chi connectivity index (χ4n) is 3.37. The molecule has 3 aromatic rings. The number of nitrogens with zero attached hydrogens (tertiary/aromatic N) is 4. The highest BCUT2D eigenvalue weighted by Gasteiger charge is 2.12. The lowest BCUT2D eigenvalue weighted by Crippen LogP contribution is -2.00. The van der Waals surface area contributed by atoms with Crippen molar-refractivity contribution in [2.45, 2.75) is 27.7 Å². The quantitative estimate of drug-likeness (QED) is 0.383. The zero-order valence-corrected chi connectivity index (χ0v) is 16.9. The van der Waals surface area contributed by atoms with Crippen LogP contribution in [0.1, 0.15) is 39.2 Å². The second-order valence-electron chi connectivity index (χ2n) is 7.08. The van der Waals surface area contributed by atoms with Gasteiger partial charge in [-0.15, -0.1) is 5.10 Å². The van der Waals surface area contributed by atoms with Crippen molar-refractivity contribution in [3.05, 3.63) is 87.8 Å². The van der Waals surface area contributed by atoms with Gasteiger partial charge in [0.25, 0.3) is 0 Å². The highest BCUT2D eigenvalue weighted by atomic mass is 16.1. The number of aromatic nitrogens is 4. The van der Waals surface area contributed by atoms with Gasteiger partial charge in [-0.25, -0.2) is 4.68 Å². The van der Waals surface area contributed by atoms with Gasteiger partial charge in [0.05, 0.1) is 5.57 Å². The average Bonchev–Trinajstić information content (AvgIpc) is 3.06. The van der Waals surface area contributed by atoms with Crippen molar-refractivity contribution in [3.63, 3.8) is 0 Å². The minimum Gasteiger partial charge on any atom is -0.298 e. The Bertz CT molecular complexity index is 1040. The minimum absolute atomic E-state index is 0.430. The first-order chi connectivity index (χ1) is 13.4. The summed E-state index contributed by atoms with van der Waals surface area (Å²) >= 11 is 0. The standard InChI is InChI=1S/C23H24N4O/c1-15-6-9-20(17(3)12-15)22(21-10-7-16(2)13-18(21)4)11-8-19(14-28)23-24-25-26-27(23)5/h6-14H,1-5H3. The third kappa shape index (κ3) is 3.98. The normalized spacial score (nSPS) is 11.4. The first kappa shape index (κ1) is 19.4. The van der Waals surface area contributed by atoms with Gasteiger partial charge in [-0.2, -0.15) is 0 Å². The van der Waals surface area contributed by atoms with E-state index in [1.54, 1.807) is 13.1 Å². The Kier molecular flexibility index (Phi) is 5.64. The number of tetrazole rings is 1. The Balaban J connectivity index is 2.21. The number of allylic oxidation sites excluding steroid dienone is 3. The van der Waals surface area contributed by atoms with E-state index in [1.165, 1.54) is 26.9 Å². The number of carbonyl (C=O) groups excluding carboxylic acids is 1. The van der Waals surface area contributed by atoms with E-state index in [2.05, 4.69) is 79.6 Å². The molecule has 0 bridgehead atoms. The predicted molar refractivity (Wildman–Crippen MR) is 112 cm³/mol. The molecule has 0 fully saturated rings. The van der Waals surface area contributed by atoms with Crippen LogP contribution < -0.4 is 0 Å². The summed E-state index contributed by atoms with van der Waals surface area (Å²) in [5, 5.41) is 11.4. The van der Waals surface area contributed by atoms with E-state index in [1.807, 2.05) is 6.08 Å². The van der Waals surface area contributed by atoms with Crippen LogP contribution in [0.2, 0.25) is 0 Å². The average molecular weight is 372 g/mol. The van der Waals surface area contributed by atoms with Crippen molar-refractivity contribution >= 4 is 17.4 Å². The van der Waals surface area contributed by atoms with Gasteiger partial charge >= 0.3 is 0 Å². The molecular weight excluding hydrogens is 348 g/mol. The van der Waals surface area contributed by atoms with E-state index < -0.39 is 0 Å². The largest absolute Gasteiger partial charge is 0.298 e. The van der Waals surface area contributed by atoms with E-state index in [-0.39, 0.29) is 0 Å². The third-order valence-electron chi connectivity index (χ3n) is 4.78. The summed E-state index contributed by atoms with van der Waals surface area (Å²) < 4.78 is 1.49. The molecular formula is C23H24N4O. The molecule has 0 aliphatic rings. The molecule has 0 aliphatic heterocycles. The van der Waals surface area contributed by atoms with Crippen LogP contribution >= 0.6 is 0 Å². The molecule has 0 amide bonds. The Morgan fingerprint density at radius 1 is 0.893 bits per heavy atom. The van der Waals surface area contributed by atoms with Crippen LogP contribution in [0.25, 0.3) is 11.1 Å². The maximum atomic E-state index is 11.7. The molecule has 1 aromatic heterocycles. The summed E-state index contributed by atoms with van der Waals surface area (Å²) in [6.45, 7) is 8.39. The summed E-state index contributed by atoms with van der Waals surface area (Å²) in [6, 6.07) is 12.8. The molecule has 0 N–H and O–H groups in total. The molecule has 0 saturated heterocycles. The van der Waals surface area contributed by atoms with Crippen molar-refractivity contribution in [2.75, 3.05) is 0 Å². The van der Waals surface area contributed by atoms with E-state index in [4.69, 9.17) is 0 Å². The van der Waals surface area contributed by atoms with Crippen molar-refractivity contribution < 1.29 is 4.79 Å². The Hall–Kier alpha value is -3.34. The first-order valence-electron chi connectivity index (χ1n) is 9.16. The molecule has 2 aromatic carbocycles. The van der Waals surface area contributed by atoms with E-state index in [0.29, 0.717) is 11.4 Å². The zero-order chi connectivity index (χ0) is 20.3. The molecule has 0 atom stereocenters. The lowest BCUT2D eigenvalue weighted by molar-refractivity contribution is -0.103. The van der Waals surface area contributed by atoms with E-state index >= 15 is 0 Å². The van der Waals surface area contributed by atoms with Gasteiger partial charge in [0.15, 0.2) is 12.1 Å². The molecule has 0 saturated carbocycles. The van der Waals surface area contributed by atoms with Gasteiger partial charge in [-0.1, -0.05) is 53.6 Å². The molecule has 5 nitrogen and oxygen atoms in total. The number of rotatable bonds is 5. The van der Waals surface area contributed by atoms with Crippen LogP contribution in [0.3, 0.4) is 0 Å². The van der Waals surface area contributed by atoms with Gasteiger partial charge in [-0.05, 0) is 72.0 Å². The molecule has 28 heavy (non-hydrogen) atoms. The first-order valence-corrected chi connectivity index (χ1v) is 9.16. The number of carbonyl (C=O) groups is 1. The highest BCUT2D eigenvalue weighted by Crippen LogP contribution is 2.30. The smallest absolute Gasteiger partial charge is 0.185 e. The molecule has 5 heteroatoms. The summed E-state index contributed by atoms with van der Waals surface area (Å²) in [6.07, 6.45) is 4.55. The lowest BCUT2D eigenvalue weighted by atomic mass is 9.89. The Labute approximate surface area is 165 Å².